The Labute approximate surface area is 92.8 Å². The lowest BCUT2D eigenvalue weighted by Gasteiger charge is -1.99. The molecule has 15 heavy (non-hydrogen) atoms. The molecule has 0 aliphatic carbocycles. The molecule has 7 heteroatoms. The van der Waals surface area contributed by atoms with Gasteiger partial charge in [-0.05, 0) is 0 Å². The van der Waals surface area contributed by atoms with Crippen LogP contribution in [0.5, 0.6) is 0 Å². The highest BCUT2D eigenvalue weighted by molar-refractivity contribution is 7.07. The number of nitrogens with zero attached hydrogens (tertiary/aromatic N) is 1. The summed E-state index contributed by atoms with van der Waals surface area (Å²) in [6, 6.07) is 0. The first-order valence-electron chi connectivity index (χ1n) is 4.09. The van der Waals surface area contributed by atoms with Crippen LogP contribution in [0.3, 0.4) is 0 Å². The minimum absolute atomic E-state index is 0.118. The van der Waals surface area contributed by atoms with Gasteiger partial charge in [-0.3, -0.25) is 9.59 Å². The lowest BCUT2D eigenvalue weighted by atomic mass is 10.4. The van der Waals surface area contributed by atoms with E-state index in [-0.39, 0.29) is 10.8 Å². The first-order valence-corrected chi connectivity index (χ1v) is 5.91. The van der Waals surface area contributed by atoms with Crippen molar-refractivity contribution in [3.8, 4) is 0 Å². The highest BCUT2D eigenvalue weighted by Gasteiger charge is 2.07. The smallest absolute Gasteiger partial charge is 0.304 e. The molecule has 0 atom stereocenters. The molecule has 0 unspecified atom stereocenters. The number of nitrogens with one attached hydrogen (secondary N) is 2. The van der Waals surface area contributed by atoms with Gasteiger partial charge in [-0.1, -0.05) is 11.3 Å². The van der Waals surface area contributed by atoms with Crippen LogP contribution in [-0.4, -0.2) is 15.9 Å². The fourth-order valence-electron chi connectivity index (χ4n) is 0.991. The summed E-state index contributed by atoms with van der Waals surface area (Å²) in [5.74, 6) is -0.233. The summed E-state index contributed by atoms with van der Waals surface area (Å²) in [5, 5.41) is 6.01. The number of thiazole rings is 2. The number of carbonyl (C=O) groups excluding carboxylic acids is 1. The van der Waals surface area contributed by atoms with Gasteiger partial charge >= 0.3 is 4.87 Å². The molecule has 5 nitrogen and oxygen atoms in total. The monoisotopic (exact) mass is 241 g/mol. The van der Waals surface area contributed by atoms with Crippen LogP contribution < -0.4 is 10.2 Å². The fraction of sp³-hybridized carbons (Fsp3) is 0.125. The Morgan fingerprint density at radius 3 is 3.00 bits per heavy atom. The fourth-order valence-corrected chi connectivity index (χ4v) is 2.10. The van der Waals surface area contributed by atoms with Crippen LogP contribution in [0.25, 0.3) is 0 Å². The van der Waals surface area contributed by atoms with Crippen LogP contribution in [-0.2, 0) is 6.54 Å². The maximum Gasteiger partial charge on any atom is 0.304 e. The second kappa shape index (κ2) is 4.37. The lowest BCUT2D eigenvalue weighted by Crippen LogP contribution is -2.23. The summed E-state index contributed by atoms with van der Waals surface area (Å²) in [6.07, 6.45) is 0. The molecule has 2 aromatic heterocycles. The van der Waals surface area contributed by atoms with Gasteiger partial charge in [0.1, 0.15) is 5.69 Å². The number of hydrogen-bond acceptors (Lipinski definition) is 5. The molecular weight excluding hydrogens is 234 g/mol. The molecule has 0 saturated heterocycles. The number of H-pyrrole nitrogens is 1. The van der Waals surface area contributed by atoms with Crippen molar-refractivity contribution >= 4 is 28.6 Å². The largest absolute Gasteiger partial charge is 0.345 e. The van der Waals surface area contributed by atoms with Gasteiger partial charge in [0, 0.05) is 16.5 Å². The van der Waals surface area contributed by atoms with E-state index in [1.165, 1.54) is 11.3 Å². The number of aromatic amines is 1. The Kier molecular flexibility index (Phi) is 2.93. The quantitative estimate of drug-likeness (QED) is 0.835. The Hall–Kier alpha value is -1.47. The van der Waals surface area contributed by atoms with E-state index in [2.05, 4.69) is 15.3 Å². The molecule has 0 aliphatic rings. The predicted octanol–water partition coefficient (Wildman–Crippen LogP) is 0.823. The predicted molar refractivity (Wildman–Crippen MR) is 58.2 cm³/mol. The molecule has 78 valence electrons. The van der Waals surface area contributed by atoms with Crippen LogP contribution in [0.1, 0.15) is 16.2 Å². The van der Waals surface area contributed by atoms with E-state index in [4.69, 9.17) is 0 Å². The molecule has 0 saturated carbocycles. The molecule has 0 radical (unpaired) electrons. The third-order valence-corrected chi connectivity index (χ3v) is 2.98. The lowest BCUT2D eigenvalue weighted by molar-refractivity contribution is 0.0946. The normalized spacial score (nSPS) is 10.1. The van der Waals surface area contributed by atoms with Crippen molar-refractivity contribution in [2.75, 3.05) is 0 Å². The minimum Gasteiger partial charge on any atom is -0.345 e. The highest BCUT2D eigenvalue weighted by atomic mass is 32.1. The van der Waals surface area contributed by atoms with Crippen LogP contribution in [0.2, 0.25) is 0 Å². The topological polar surface area (TPSA) is 74.8 Å². The SMILES string of the molecule is O=C(NCc1csc(=O)[nH]1)c1cscn1. The van der Waals surface area contributed by atoms with Crippen molar-refractivity contribution in [3.05, 3.63) is 37.3 Å². The molecule has 1 amide bonds. The Bertz CT molecular complexity index is 500. The van der Waals surface area contributed by atoms with Crippen molar-refractivity contribution in [1.82, 2.24) is 15.3 Å². The summed E-state index contributed by atoms with van der Waals surface area (Å²) >= 11 is 2.44. The average Bonchev–Trinajstić information content (AvgIpc) is 2.84. The third-order valence-electron chi connectivity index (χ3n) is 1.68. The van der Waals surface area contributed by atoms with E-state index in [0.29, 0.717) is 17.9 Å². The van der Waals surface area contributed by atoms with Gasteiger partial charge in [0.2, 0.25) is 0 Å². The van der Waals surface area contributed by atoms with Gasteiger partial charge in [0.15, 0.2) is 0 Å². The molecule has 0 fully saturated rings. The van der Waals surface area contributed by atoms with Gasteiger partial charge < -0.3 is 10.3 Å². The van der Waals surface area contributed by atoms with Crippen LogP contribution in [0.15, 0.2) is 21.1 Å². The van der Waals surface area contributed by atoms with Crippen LogP contribution in [0, 0.1) is 0 Å². The number of carbonyl (C=O) groups is 1. The standard InChI is InChI=1S/C8H7N3O2S2/c12-7(6-3-14-4-10-6)9-1-5-2-15-8(13)11-5/h2-4H,1H2,(H,9,12)(H,11,13). The van der Waals surface area contributed by atoms with E-state index in [1.54, 1.807) is 16.3 Å². The number of hydrogen-bond donors (Lipinski definition) is 2. The van der Waals surface area contributed by atoms with E-state index < -0.39 is 0 Å². The average molecular weight is 241 g/mol. The first-order chi connectivity index (χ1) is 7.25. The second-order valence-electron chi connectivity index (χ2n) is 2.73. The van der Waals surface area contributed by atoms with Crippen molar-refractivity contribution in [2.24, 2.45) is 0 Å². The Morgan fingerprint density at radius 2 is 2.40 bits per heavy atom. The van der Waals surface area contributed by atoms with Crippen molar-refractivity contribution in [2.45, 2.75) is 6.54 Å². The zero-order valence-electron chi connectivity index (χ0n) is 7.52. The third kappa shape index (κ3) is 2.51. The first kappa shape index (κ1) is 10.1. The van der Waals surface area contributed by atoms with Gasteiger partial charge in [-0.2, -0.15) is 0 Å². The highest BCUT2D eigenvalue weighted by Crippen LogP contribution is 2.01. The molecule has 2 aromatic rings. The van der Waals surface area contributed by atoms with Gasteiger partial charge in [-0.25, -0.2) is 4.98 Å². The van der Waals surface area contributed by atoms with E-state index in [9.17, 15) is 9.59 Å². The number of amides is 1. The summed E-state index contributed by atoms with van der Waals surface area (Å²) in [6.45, 7) is 0.315. The molecular formula is C8H7N3O2S2. The van der Waals surface area contributed by atoms with Gasteiger partial charge in [0.25, 0.3) is 5.91 Å². The summed E-state index contributed by atoms with van der Waals surface area (Å²) in [7, 11) is 0. The van der Waals surface area contributed by atoms with E-state index >= 15 is 0 Å². The van der Waals surface area contributed by atoms with Crippen LogP contribution in [0.4, 0.5) is 0 Å². The summed E-state index contributed by atoms with van der Waals surface area (Å²) in [4.78, 5) is 28.6. The molecule has 2 heterocycles. The molecule has 0 spiro atoms. The molecule has 0 aliphatic heterocycles. The van der Waals surface area contributed by atoms with Crippen molar-refractivity contribution in [3.63, 3.8) is 0 Å². The van der Waals surface area contributed by atoms with Crippen LogP contribution >= 0.6 is 22.7 Å². The zero-order valence-corrected chi connectivity index (χ0v) is 9.15. The zero-order chi connectivity index (χ0) is 10.7. The van der Waals surface area contributed by atoms with Crippen molar-refractivity contribution < 1.29 is 4.79 Å². The molecule has 2 rings (SSSR count). The number of rotatable bonds is 3. The summed E-state index contributed by atoms with van der Waals surface area (Å²) in [5.41, 5.74) is 2.70. The van der Waals surface area contributed by atoms with Gasteiger partial charge in [0.05, 0.1) is 12.1 Å². The number of aromatic nitrogens is 2. The molecule has 2 N–H and O–H groups in total. The minimum atomic E-state index is -0.233. The maximum atomic E-state index is 11.4. The van der Waals surface area contributed by atoms with E-state index in [1.807, 2.05) is 0 Å². The van der Waals surface area contributed by atoms with E-state index in [0.717, 1.165) is 11.3 Å². The second-order valence-corrected chi connectivity index (χ2v) is 4.29. The van der Waals surface area contributed by atoms with Crippen molar-refractivity contribution in [1.29, 1.82) is 0 Å². The maximum absolute atomic E-state index is 11.4. The molecule has 0 aromatic carbocycles. The molecule has 0 bridgehead atoms. The Morgan fingerprint density at radius 1 is 1.53 bits per heavy atom. The summed E-state index contributed by atoms with van der Waals surface area (Å²) < 4.78 is 0. The van der Waals surface area contributed by atoms with Gasteiger partial charge in [-0.15, -0.1) is 11.3 Å². The Balaban J connectivity index is 1.94.